The van der Waals surface area contributed by atoms with Crippen LogP contribution in [0.2, 0.25) is 0 Å². The third kappa shape index (κ3) is 2.26. The fraction of sp³-hybridized carbons (Fsp3) is 0.538. The lowest BCUT2D eigenvalue weighted by Gasteiger charge is -2.26. The molecule has 0 amide bonds. The lowest BCUT2D eigenvalue weighted by atomic mass is 10.0. The average molecular weight is 243 g/mol. The van der Waals surface area contributed by atoms with Crippen LogP contribution >= 0.6 is 0 Å². The molecule has 0 saturated carbocycles. The van der Waals surface area contributed by atoms with Gasteiger partial charge in [0, 0.05) is 17.8 Å². The van der Waals surface area contributed by atoms with Crippen LogP contribution in [0.1, 0.15) is 25.7 Å². The molecule has 0 radical (unpaired) electrons. The molecule has 4 heteroatoms. The summed E-state index contributed by atoms with van der Waals surface area (Å²) in [7, 11) is 0. The summed E-state index contributed by atoms with van der Waals surface area (Å²) in [6, 6.07) is 0.788. The van der Waals surface area contributed by atoms with E-state index in [2.05, 4.69) is 18.1 Å². The number of hydrogen-bond acceptors (Lipinski definition) is 1. The highest BCUT2D eigenvalue weighted by Gasteiger charge is 2.40. The SMILES string of the molecule is C=CC(=CC(=C)C(F)(F)F)N1C2CCC1CC2. The Labute approximate surface area is 99.3 Å². The summed E-state index contributed by atoms with van der Waals surface area (Å²) < 4.78 is 37.3. The monoisotopic (exact) mass is 243 g/mol. The number of nitrogens with zero attached hydrogens (tertiary/aromatic N) is 1. The van der Waals surface area contributed by atoms with E-state index < -0.39 is 11.7 Å². The molecule has 0 aromatic carbocycles. The molecule has 0 aromatic rings. The van der Waals surface area contributed by atoms with Crippen LogP contribution in [0.5, 0.6) is 0 Å². The highest BCUT2D eigenvalue weighted by atomic mass is 19.4. The van der Waals surface area contributed by atoms with Crippen molar-refractivity contribution in [3.63, 3.8) is 0 Å². The van der Waals surface area contributed by atoms with E-state index in [0.29, 0.717) is 17.8 Å². The molecule has 17 heavy (non-hydrogen) atoms. The summed E-state index contributed by atoms with van der Waals surface area (Å²) in [6.07, 6.45) is 2.58. The molecular weight excluding hydrogens is 227 g/mol. The quantitative estimate of drug-likeness (QED) is 0.681. The number of rotatable bonds is 3. The highest BCUT2D eigenvalue weighted by Crippen LogP contribution is 2.41. The Morgan fingerprint density at radius 1 is 1.12 bits per heavy atom. The van der Waals surface area contributed by atoms with Crippen molar-refractivity contribution in [3.8, 4) is 0 Å². The molecule has 2 saturated heterocycles. The Bertz CT molecular complexity index is 347. The molecule has 0 aromatic heterocycles. The Kier molecular flexibility index (Phi) is 3.06. The maximum atomic E-state index is 12.4. The third-order valence-electron chi connectivity index (χ3n) is 3.65. The molecule has 94 valence electrons. The molecule has 2 fully saturated rings. The first-order valence-corrected chi connectivity index (χ1v) is 5.82. The standard InChI is InChI=1S/C13H16F3N/c1-3-10(8-9(2)13(14,15)16)17-11-4-5-12(17)7-6-11/h3,8,11-12H,1-2,4-7H2. The molecule has 2 rings (SSSR count). The van der Waals surface area contributed by atoms with Crippen molar-refractivity contribution in [1.29, 1.82) is 0 Å². The van der Waals surface area contributed by atoms with Crippen LogP contribution < -0.4 is 0 Å². The molecule has 1 nitrogen and oxygen atoms in total. The van der Waals surface area contributed by atoms with Crippen molar-refractivity contribution in [2.24, 2.45) is 0 Å². The van der Waals surface area contributed by atoms with Crippen LogP contribution in [-0.2, 0) is 0 Å². The highest BCUT2D eigenvalue weighted by molar-refractivity contribution is 5.31. The Hall–Kier alpha value is -1.19. The Morgan fingerprint density at radius 2 is 1.59 bits per heavy atom. The van der Waals surface area contributed by atoms with Crippen LogP contribution in [-0.4, -0.2) is 23.2 Å². The average Bonchev–Trinajstić information content (AvgIpc) is 2.83. The summed E-state index contributed by atoms with van der Waals surface area (Å²) in [5.41, 5.74) is -0.240. The van der Waals surface area contributed by atoms with E-state index in [9.17, 15) is 13.2 Å². The summed E-state index contributed by atoms with van der Waals surface area (Å²) in [5, 5.41) is 0. The molecule has 0 atom stereocenters. The van der Waals surface area contributed by atoms with E-state index >= 15 is 0 Å². The molecule has 2 aliphatic rings. The van der Waals surface area contributed by atoms with Gasteiger partial charge in [0.2, 0.25) is 0 Å². The first-order valence-electron chi connectivity index (χ1n) is 5.82. The second-order valence-corrected chi connectivity index (χ2v) is 4.67. The van der Waals surface area contributed by atoms with Gasteiger partial charge in [-0.05, 0) is 37.8 Å². The fourth-order valence-electron chi connectivity index (χ4n) is 2.83. The predicted molar refractivity (Wildman–Crippen MR) is 61.4 cm³/mol. The number of halogens is 3. The van der Waals surface area contributed by atoms with Gasteiger partial charge in [-0.25, -0.2) is 0 Å². The van der Waals surface area contributed by atoms with Crippen LogP contribution in [0.3, 0.4) is 0 Å². The molecule has 0 unspecified atom stereocenters. The van der Waals surface area contributed by atoms with Crippen molar-refractivity contribution in [2.45, 2.75) is 43.9 Å². The Morgan fingerprint density at radius 3 is 1.94 bits per heavy atom. The summed E-state index contributed by atoms with van der Waals surface area (Å²) >= 11 is 0. The van der Waals surface area contributed by atoms with Gasteiger partial charge in [0.25, 0.3) is 0 Å². The van der Waals surface area contributed by atoms with E-state index in [1.807, 2.05) is 0 Å². The number of alkyl halides is 3. The summed E-state index contributed by atoms with van der Waals surface area (Å²) in [4.78, 5) is 2.09. The minimum absolute atomic E-state index is 0.394. The second-order valence-electron chi connectivity index (χ2n) is 4.67. The lowest BCUT2D eigenvalue weighted by Crippen LogP contribution is -2.27. The third-order valence-corrected chi connectivity index (χ3v) is 3.65. The van der Waals surface area contributed by atoms with E-state index in [4.69, 9.17) is 0 Å². The van der Waals surface area contributed by atoms with Gasteiger partial charge >= 0.3 is 6.18 Å². The number of allylic oxidation sites excluding steroid dienone is 3. The molecule has 0 N–H and O–H groups in total. The normalized spacial score (nSPS) is 28.6. The minimum Gasteiger partial charge on any atom is -0.366 e. The van der Waals surface area contributed by atoms with Crippen molar-refractivity contribution in [1.82, 2.24) is 4.90 Å². The van der Waals surface area contributed by atoms with Crippen molar-refractivity contribution in [3.05, 3.63) is 36.6 Å². The van der Waals surface area contributed by atoms with Crippen molar-refractivity contribution >= 4 is 0 Å². The summed E-state index contributed by atoms with van der Waals surface area (Å²) in [6.45, 7) is 6.70. The second kappa shape index (κ2) is 4.24. The maximum absolute atomic E-state index is 12.4. The summed E-state index contributed by atoms with van der Waals surface area (Å²) in [5.74, 6) is 0. The molecule has 0 aliphatic carbocycles. The van der Waals surface area contributed by atoms with Gasteiger partial charge in [-0.3, -0.25) is 0 Å². The zero-order chi connectivity index (χ0) is 12.6. The van der Waals surface area contributed by atoms with Gasteiger partial charge in [-0.15, -0.1) is 0 Å². The zero-order valence-corrected chi connectivity index (χ0v) is 9.63. The van der Waals surface area contributed by atoms with Crippen LogP contribution in [0.4, 0.5) is 13.2 Å². The van der Waals surface area contributed by atoms with E-state index in [0.717, 1.165) is 31.8 Å². The van der Waals surface area contributed by atoms with Gasteiger partial charge < -0.3 is 4.90 Å². The molecule has 2 heterocycles. The van der Waals surface area contributed by atoms with E-state index in [1.54, 1.807) is 0 Å². The molecule has 2 bridgehead atoms. The smallest absolute Gasteiger partial charge is 0.366 e. The first kappa shape index (κ1) is 12.3. The molecule has 2 aliphatic heterocycles. The van der Waals surface area contributed by atoms with Gasteiger partial charge in [0.15, 0.2) is 0 Å². The van der Waals surface area contributed by atoms with Gasteiger partial charge in [0.05, 0.1) is 5.57 Å². The van der Waals surface area contributed by atoms with Crippen LogP contribution in [0.25, 0.3) is 0 Å². The van der Waals surface area contributed by atoms with E-state index in [1.165, 1.54) is 6.08 Å². The largest absolute Gasteiger partial charge is 0.415 e. The van der Waals surface area contributed by atoms with Gasteiger partial charge in [-0.2, -0.15) is 13.2 Å². The van der Waals surface area contributed by atoms with Gasteiger partial charge in [-0.1, -0.05) is 13.2 Å². The van der Waals surface area contributed by atoms with E-state index in [-0.39, 0.29) is 0 Å². The number of fused-ring (bicyclic) bond motifs is 2. The minimum atomic E-state index is -4.35. The molecular formula is C13H16F3N. The van der Waals surface area contributed by atoms with Crippen LogP contribution in [0.15, 0.2) is 36.6 Å². The first-order chi connectivity index (χ1) is 7.93. The van der Waals surface area contributed by atoms with Crippen LogP contribution in [0, 0.1) is 0 Å². The maximum Gasteiger partial charge on any atom is 0.415 e. The lowest BCUT2D eigenvalue weighted by molar-refractivity contribution is -0.0879. The topological polar surface area (TPSA) is 3.24 Å². The molecule has 0 spiro atoms. The van der Waals surface area contributed by atoms with Gasteiger partial charge in [0.1, 0.15) is 0 Å². The van der Waals surface area contributed by atoms with Crippen molar-refractivity contribution < 1.29 is 13.2 Å². The zero-order valence-electron chi connectivity index (χ0n) is 9.63. The number of hydrogen-bond donors (Lipinski definition) is 0. The fourth-order valence-corrected chi connectivity index (χ4v) is 2.83. The van der Waals surface area contributed by atoms with Crippen molar-refractivity contribution in [2.75, 3.05) is 0 Å². The Balaban J connectivity index is 2.20. The predicted octanol–water partition coefficient (Wildman–Crippen LogP) is 3.80.